The summed E-state index contributed by atoms with van der Waals surface area (Å²) in [5.74, 6) is 1.35. The van der Waals surface area contributed by atoms with E-state index in [9.17, 15) is 0 Å². The molecule has 0 aliphatic rings. The van der Waals surface area contributed by atoms with Gasteiger partial charge < -0.3 is 10.3 Å². The van der Waals surface area contributed by atoms with Gasteiger partial charge in [0.05, 0.1) is 0 Å². The van der Waals surface area contributed by atoms with E-state index in [-0.39, 0.29) is 5.92 Å². The molecule has 0 aliphatic carbocycles. The lowest BCUT2D eigenvalue weighted by Gasteiger charge is -2.01. The second-order valence-corrected chi connectivity index (χ2v) is 4.74. The number of nitrogens with two attached hydrogens (primary N) is 1. The number of pyridine rings is 1. The van der Waals surface area contributed by atoms with E-state index in [4.69, 9.17) is 10.3 Å². The van der Waals surface area contributed by atoms with Gasteiger partial charge in [-0.1, -0.05) is 12.1 Å². The maximum absolute atomic E-state index is 5.50. The number of hydrogen-bond acceptors (Lipinski definition) is 5. The first kappa shape index (κ1) is 12.2. The van der Waals surface area contributed by atoms with Crippen LogP contribution in [0.4, 0.5) is 0 Å². The molecule has 2 rings (SSSR count). The SMILES string of the molecule is CC(CCN)c1nc(-c2cncc(Br)c2)no1. The lowest BCUT2D eigenvalue weighted by atomic mass is 10.1. The van der Waals surface area contributed by atoms with E-state index in [0.29, 0.717) is 18.3 Å². The van der Waals surface area contributed by atoms with Crippen LogP contribution >= 0.6 is 15.9 Å². The molecule has 0 spiro atoms. The Labute approximate surface area is 108 Å². The molecule has 0 radical (unpaired) electrons. The smallest absolute Gasteiger partial charge is 0.229 e. The average molecular weight is 297 g/mol. The standard InChI is InChI=1S/C11H13BrN4O/c1-7(2-3-13)11-15-10(16-17-11)8-4-9(12)6-14-5-8/h4-7H,2-3,13H2,1H3. The first-order valence-electron chi connectivity index (χ1n) is 5.35. The Morgan fingerprint density at radius 2 is 2.29 bits per heavy atom. The van der Waals surface area contributed by atoms with Crippen molar-refractivity contribution in [2.75, 3.05) is 6.54 Å². The van der Waals surface area contributed by atoms with Crippen LogP contribution in [0.3, 0.4) is 0 Å². The van der Waals surface area contributed by atoms with Gasteiger partial charge in [0.2, 0.25) is 11.7 Å². The largest absolute Gasteiger partial charge is 0.339 e. The van der Waals surface area contributed by atoms with Gasteiger partial charge in [0.15, 0.2) is 0 Å². The van der Waals surface area contributed by atoms with Crippen LogP contribution in [0.2, 0.25) is 0 Å². The molecule has 1 atom stereocenters. The Morgan fingerprint density at radius 1 is 1.47 bits per heavy atom. The highest BCUT2D eigenvalue weighted by molar-refractivity contribution is 9.10. The number of hydrogen-bond donors (Lipinski definition) is 1. The predicted molar refractivity (Wildman–Crippen MR) is 67.3 cm³/mol. The first-order valence-corrected chi connectivity index (χ1v) is 6.14. The van der Waals surface area contributed by atoms with Crippen LogP contribution in [0, 0.1) is 0 Å². The normalized spacial score (nSPS) is 12.6. The minimum atomic E-state index is 0.182. The molecule has 0 saturated heterocycles. The van der Waals surface area contributed by atoms with Gasteiger partial charge >= 0.3 is 0 Å². The molecule has 2 N–H and O–H groups in total. The highest BCUT2D eigenvalue weighted by atomic mass is 79.9. The zero-order valence-electron chi connectivity index (χ0n) is 9.43. The quantitative estimate of drug-likeness (QED) is 0.937. The third kappa shape index (κ3) is 2.89. The molecule has 0 saturated carbocycles. The van der Waals surface area contributed by atoms with E-state index in [2.05, 4.69) is 31.1 Å². The third-order valence-corrected chi connectivity index (χ3v) is 2.86. The molecular weight excluding hydrogens is 284 g/mol. The lowest BCUT2D eigenvalue weighted by molar-refractivity contribution is 0.355. The van der Waals surface area contributed by atoms with E-state index in [1.807, 2.05) is 13.0 Å². The molecule has 2 aromatic rings. The molecule has 1 unspecified atom stereocenters. The fraction of sp³-hybridized carbons (Fsp3) is 0.364. The van der Waals surface area contributed by atoms with E-state index in [0.717, 1.165) is 16.5 Å². The van der Waals surface area contributed by atoms with Crippen molar-refractivity contribution >= 4 is 15.9 Å². The average Bonchev–Trinajstić information content (AvgIpc) is 2.78. The fourth-order valence-corrected chi connectivity index (χ4v) is 1.83. The van der Waals surface area contributed by atoms with Crippen LogP contribution in [0.25, 0.3) is 11.4 Å². The monoisotopic (exact) mass is 296 g/mol. The minimum absolute atomic E-state index is 0.182. The van der Waals surface area contributed by atoms with Gasteiger partial charge in [0.1, 0.15) is 0 Å². The van der Waals surface area contributed by atoms with Crippen LogP contribution < -0.4 is 5.73 Å². The maximum Gasteiger partial charge on any atom is 0.229 e. The molecule has 2 heterocycles. The Kier molecular flexibility index (Phi) is 3.86. The Bertz CT molecular complexity index is 500. The second kappa shape index (κ2) is 5.37. The van der Waals surface area contributed by atoms with E-state index in [1.54, 1.807) is 12.4 Å². The summed E-state index contributed by atoms with van der Waals surface area (Å²) in [6.45, 7) is 2.63. The molecule has 0 amide bonds. The summed E-state index contributed by atoms with van der Waals surface area (Å²) in [7, 11) is 0. The van der Waals surface area contributed by atoms with Gasteiger partial charge in [0.25, 0.3) is 0 Å². The molecule has 0 aliphatic heterocycles. The van der Waals surface area contributed by atoms with Crippen LogP contribution in [0.5, 0.6) is 0 Å². The summed E-state index contributed by atoms with van der Waals surface area (Å²) in [6, 6.07) is 1.90. The van der Waals surface area contributed by atoms with E-state index < -0.39 is 0 Å². The summed E-state index contributed by atoms with van der Waals surface area (Å²) in [6.07, 6.45) is 4.24. The summed E-state index contributed by atoms with van der Waals surface area (Å²) < 4.78 is 6.10. The topological polar surface area (TPSA) is 77.8 Å². The number of halogens is 1. The molecule has 2 aromatic heterocycles. The summed E-state index contributed by atoms with van der Waals surface area (Å²) in [4.78, 5) is 8.41. The zero-order chi connectivity index (χ0) is 12.3. The molecule has 0 fully saturated rings. The molecule has 17 heavy (non-hydrogen) atoms. The van der Waals surface area contributed by atoms with Crippen molar-refractivity contribution in [3.63, 3.8) is 0 Å². The van der Waals surface area contributed by atoms with Gasteiger partial charge in [-0.05, 0) is 35.0 Å². The van der Waals surface area contributed by atoms with E-state index in [1.165, 1.54) is 0 Å². The second-order valence-electron chi connectivity index (χ2n) is 3.83. The predicted octanol–water partition coefficient (Wildman–Crippen LogP) is 2.35. The highest BCUT2D eigenvalue weighted by Crippen LogP contribution is 2.22. The maximum atomic E-state index is 5.50. The van der Waals surface area contributed by atoms with Crippen molar-refractivity contribution in [3.05, 3.63) is 28.8 Å². The first-order chi connectivity index (χ1) is 8.20. The number of nitrogens with zero attached hydrogens (tertiary/aromatic N) is 3. The van der Waals surface area contributed by atoms with Crippen molar-refractivity contribution in [2.24, 2.45) is 5.73 Å². The highest BCUT2D eigenvalue weighted by Gasteiger charge is 2.14. The number of rotatable bonds is 4. The van der Waals surface area contributed by atoms with Crippen LogP contribution in [-0.2, 0) is 0 Å². The molecule has 0 aromatic carbocycles. The van der Waals surface area contributed by atoms with Crippen molar-refractivity contribution in [2.45, 2.75) is 19.3 Å². The van der Waals surface area contributed by atoms with Crippen molar-refractivity contribution in [1.29, 1.82) is 0 Å². The Balaban J connectivity index is 2.23. The number of aromatic nitrogens is 3. The van der Waals surface area contributed by atoms with Gasteiger partial charge in [-0.2, -0.15) is 4.98 Å². The molecule has 90 valence electrons. The fourth-order valence-electron chi connectivity index (χ4n) is 1.46. The van der Waals surface area contributed by atoms with Gasteiger partial charge in [0, 0.05) is 28.3 Å². The minimum Gasteiger partial charge on any atom is -0.339 e. The van der Waals surface area contributed by atoms with Crippen molar-refractivity contribution < 1.29 is 4.52 Å². The van der Waals surface area contributed by atoms with Crippen molar-refractivity contribution in [1.82, 2.24) is 15.1 Å². The summed E-state index contributed by atoms with van der Waals surface area (Å²) >= 11 is 3.35. The van der Waals surface area contributed by atoms with Crippen LogP contribution in [0.1, 0.15) is 25.2 Å². The third-order valence-electron chi connectivity index (χ3n) is 2.43. The Morgan fingerprint density at radius 3 is 3.00 bits per heavy atom. The molecule has 0 bridgehead atoms. The molecular formula is C11H13BrN4O. The van der Waals surface area contributed by atoms with Crippen LogP contribution in [0.15, 0.2) is 27.5 Å². The van der Waals surface area contributed by atoms with Crippen LogP contribution in [-0.4, -0.2) is 21.7 Å². The molecule has 5 nitrogen and oxygen atoms in total. The van der Waals surface area contributed by atoms with Gasteiger partial charge in [-0.3, -0.25) is 4.98 Å². The van der Waals surface area contributed by atoms with Gasteiger partial charge in [-0.15, -0.1) is 0 Å². The van der Waals surface area contributed by atoms with Crippen molar-refractivity contribution in [3.8, 4) is 11.4 Å². The van der Waals surface area contributed by atoms with E-state index >= 15 is 0 Å². The Hall–Kier alpha value is -1.27. The zero-order valence-corrected chi connectivity index (χ0v) is 11.0. The molecule has 6 heteroatoms. The lowest BCUT2D eigenvalue weighted by Crippen LogP contribution is -2.04. The summed E-state index contributed by atoms with van der Waals surface area (Å²) in [5.41, 5.74) is 6.33. The summed E-state index contributed by atoms with van der Waals surface area (Å²) in [5, 5.41) is 3.94. The van der Waals surface area contributed by atoms with Gasteiger partial charge in [-0.25, -0.2) is 0 Å².